The van der Waals surface area contributed by atoms with Crippen molar-refractivity contribution in [3.63, 3.8) is 0 Å². The molecule has 0 radical (unpaired) electrons. The van der Waals surface area contributed by atoms with Crippen LogP contribution in [0.3, 0.4) is 0 Å². The Morgan fingerprint density at radius 2 is 1.60 bits per heavy atom. The van der Waals surface area contributed by atoms with Gasteiger partial charge in [0.25, 0.3) is 0 Å². The van der Waals surface area contributed by atoms with E-state index in [9.17, 15) is 18.0 Å². The van der Waals surface area contributed by atoms with Crippen molar-refractivity contribution in [3.05, 3.63) is 62.1 Å². The second-order valence-electron chi connectivity index (χ2n) is 7.82. The van der Waals surface area contributed by atoms with Crippen molar-refractivity contribution in [2.45, 2.75) is 39.3 Å². The first-order valence-corrected chi connectivity index (χ1v) is 14.2. The van der Waals surface area contributed by atoms with Crippen LogP contribution in [-0.4, -0.2) is 50.5 Å². The molecule has 0 spiro atoms. The van der Waals surface area contributed by atoms with E-state index in [1.807, 2.05) is 6.92 Å². The van der Waals surface area contributed by atoms with Gasteiger partial charge in [-0.3, -0.25) is 13.9 Å². The normalized spacial score (nSPS) is 12.2. The van der Waals surface area contributed by atoms with Crippen molar-refractivity contribution in [2.75, 3.05) is 23.7 Å². The fourth-order valence-electron chi connectivity index (χ4n) is 3.39. The molecule has 192 valence electrons. The molecule has 12 heteroatoms. The van der Waals surface area contributed by atoms with Gasteiger partial charge in [-0.15, -0.1) is 0 Å². The van der Waals surface area contributed by atoms with E-state index in [0.29, 0.717) is 23.6 Å². The molecule has 2 aromatic carbocycles. The smallest absolute Gasteiger partial charge is 0.244 e. The van der Waals surface area contributed by atoms with Gasteiger partial charge in [-0.2, -0.15) is 0 Å². The van der Waals surface area contributed by atoms with Gasteiger partial charge in [0.2, 0.25) is 21.8 Å². The molecule has 2 amide bonds. The highest BCUT2D eigenvalue weighted by molar-refractivity contribution is 7.92. The van der Waals surface area contributed by atoms with Crippen molar-refractivity contribution in [2.24, 2.45) is 0 Å². The second kappa shape index (κ2) is 13.0. The highest BCUT2D eigenvalue weighted by atomic mass is 35.5. The summed E-state index contributed by atoms with van der Waals surface area (Å²) in [5, 5.41) is 3.44. The predicted octanol–water partition coefficient (Wildman–Crippen LogP) is 5.40. The molecule has 0 aromatic heterocycles. The topological polar surface area (TPSA) is 86.8 Å². The number of carbonyl (C=O) groups is 2. The minimum Gasteiger partial charge on any atom is -0.354 e. The molecule has 0 aliphatic heterocycles. The maximum atomic E-state index is 13.6. The monoisotopic (exact) mass is 581 g/mol. The van der Waals surface area contributed by atoms with Crippen molar-refractivity contribution >= 4 is 73.9 Å². The largest absolute Gasteiger partial charge is 0.354 e. The predicted molar refractivity (Wildman–Crippen MR) is 143 cm³/mol. The number of benzene rings is 2. The molecule has 2 aromatic rings. The first kappa shape index (κ1) is 29.5. The van der Waals surface area contributed by atoms with Gasteiger partial charge < -0.3 is 10.2 Å². The molecule has 35 heavy (non-hydrogen) atoms. The fourth-order valence-corrected chi connectivity index (χ4v) is 5.14. The Balaban J connectivity index is 2.51. The highest BCUT2D eigenvalue weighted by Crippen LogP contribution is 2.35. The zero-order valence-electron chi connectivity index (χ0n) is 19.5. The van der Waals surface area contributed by atoms with Gasteiger partial charge in [0.1, 0.15) is 12.6 Å². The zero-order chi connectivity index (χ0) is 26.3. The maximum Gasteiger partial charge on any atom is 0.244 e. The molecule has 1 N–H and O–H groups in total. The Bertz CT molecular complexity index is 1180. The van der Waals surface area contributed by atoms with Crippen molar-refractivity contribution in [1.29, 1.82) is 0 Å². The first-order valence-electron chi connectivity index (χ1n) is 10.8. The van der Waals surface area contributed by atoms with Gasteiger partial charge in [-0.25, -0.2) is 8.42 Å². The molecular formula is C23H27Cl4N3O4S. The maximum absolute atomic E-state index is 13.6. The third kappa shape index (κ3) is 7.89. The summed E-state index contributed by atoms with van der Waals surface area (Å²) in [6.45, 7) is 3.52. The molecule has 7 nitrogen and oxygen atoms in total. The van der Waals surface area contributed by atoms with Gasteiger partial charge in [0, 0.05) is 18.1 Å². The molecule has 0 unspecified atom stereocenters. The van der Waals surface area contributed by atoms with Crippen molar-refractivity contribution < 1.29 is 18.0 Å². The average molecular weight is 583 g/mol. The molecule has 0 aliphatic rings. The quantitative estimate of drug-likeness (QED) is 0.359. The minimum absolute atomic E-state index is 0.00177. The molecule has 0 fully saturated rings. The van der Waals surface area contributed by atoms with Gasteiger partial charge in [0.15, 0.2) is 0 Å². The van der Waals surface area contributed by atoms with Crippen LogP contribution in [0.25, 0.3) is 0 Å². The zero-order valence-corrected chi connectivity index (χ0v) is 23.4. The van der Waals surface area contributed by atoms with Crippen molar-refractivity contribution in [3.8, 4) is 0 Å². The summed E-state index contributed by atoms with van der Waals surface area (Å²) in [6, 6.07) is 8.67. The standard InChI is InChI=1S/C23H27Cl4N3O4S/c1-4-10-28-23(32)20(5-2)29(13-15-8-6-7-9-16(15)24)22(31)14-30(35(3,33)34)21-12-18(26)17(25)11-19(21)27/h6-9,11-12,20H,4-5,10,13-14H2,1-3H3,(H,28,32)/t20-/m0/s1. The highest BCUT2D eigenvalue weighted by Gasteiger charge is 2.32. The second-order valence-corrected chi connectivity index (χ2v) is 11.4. The van der Waals surface area contributed by atoms with Crippen LogP contribution in [0.4, 0.5) is 5.69 Å². The van der Waals surface area contributed by atoms with Crippen LogP contribution < -0.4 is 9.62 Å². The lowest BCUT2D eigenvalue weighted by Crippen LogP contribution is -2.52. The number of sulfonamides is 1. The van der Waals surface area contributed by atoms with E-state index in [4.69, 9.17) is 46.4 Å². The Morgan fingerprint density at radius 1 is 0.971 bits per heavy atom. The van der Waals surface area contributed by atoms with Crippen LogP contribution in [0.1, 0.15) is 32.3 Å². The first-order chi connectivity index (χ1) is 16.4. The molecule has 0 saturated carbocycles. The van der Waals surface area contributed by atoms with Gasteiger partial charge in [-0.1, -0.05) is 78.5 Å². The number of hydrogen-bond acceptors (Lipinski definition) is 4. The van der Waals surface area contributed by atoms with E-state index in [-0.39, 0.29) is 33.2 Å². The number of halogens is 4. The van der Waals surface area contributed by atoms with Gasteiger partial charge >= 0.3 is 0 Å². The Morgan fingerprint density at radius 3 is 2.17 bits per heavy atom. The summed E-state index contributed by atoms with van der Waals surface area (Å²) in [6.07, 6.45) is 1.97. The van der Waals surface area contributed by atoms with E-state index in [1.165, 1.54) is 17.0 Å². The van der Waals surface area contributed by atoms with E-state index < -0.39 is 28.5 Å². The van der Waals surface area contributed by atoms with Crippen molar-refractivity contribution in [1.82, 2.24) is 10.2 Å². The number of hydrogen-bond donors (Lipinski definition) is 1. The van der Waals surface area contributed by atoms with Crippen LogP contribution in [0.2, 0.25) is 20.1 Å². The Hall–Kier alpha value is -1.71. The molecule has 0 bridgehead atoms. The molecule has 0 saturated heterocycles. The molecule has 0 heterocycles. The Kier molecular flexibility index (Phi) is 11.0. The van der Waals surface area contributed by atoms with Gasteiger partial charge in [0.05, 0.1) is 27.0 Å². The van der Waals surface area contributed by atoms with Gasteiger partial charge in [-0.05, 0) is 36.6 Å². The number of anilines is 1. The fraction of sp³-hybridized carbons (Fsp3) is 0.391. The summed E-state index contributed by atoms with van der Waals surface area (Å²) in [5.74, 6) is -0.954. The summed E-state index contributed by atoms with van der Waals surface area (Å²) < 4.78 is 26.2. The number of nitrogens with zero attached hydrogens (tertiary/aromatic N) is 2. The third-order valence-corrected chi connectivity index (χ3v) is 7.69. The van der Waals surface area contributed by atoms with E-state index in [1.54, 1.807) is 31.2 Å². The van der Waals surface area contributed by atoms with E-state index in [0.717, 1.165) is 17.0 Å². The SMILES string of the molecule is CCCNC(=O)[C@H](CC)N(Cc1ccccc1Cl)C(=O)CN(c1cc(Cl)c(Cl)cc1Cl)S(C)(=O)=O. The molecular weight excluding hydrogens is 556 g/mol. The van der Waals surface area contributed by atoms with E-state index >= 15 is 0 Å². The number of carbonyl (C=O) groups excluding carboxylic acids is 2. The minimum atomic E-state index is -3.97. The van der Waals surface area contributed by atoms with Crippen LogP contribution >= 0.6 is 46.4 Å². The summed E-state index contributed by atoms with van der Waals surface area (Å²) in [7, 11) is -3.97. The Labute approximate surface area is 226 Å². The van der Waals surface area contributed by atoms with Crippen LogP contribution in [0.5, 0.6) is 0 Å². The lowest BCUT2D eigenvalue weighted by molar-refractivity contribution is -0.140. The summed E-state index contributed by atoms with van der Waals surface area (Å²) >= 11 is 24.7. The summed E-state index contributed by atoms with van der Waals surface area (Å²) in [4.78, 5) is 27.9. The lowest BCUT2D eigenvalue weighted by atomic mass is 10.1. The number of rotatable bonds is 11. The number of nitrogens with one attached hydrogen (secondary N) is 1. The summed E-state index contributed by atoms with van der Waals surface area (Å²) in [5.41, 5.74) is 0.612. The third-order valence-electron chi connectivity index (χ3n) is 5.17. The molecule has 2 rings (SSSR count). The lowest BCUT2D eigenvalue weighted by Gasteiger charge is -2.33. The molecule has 0 aliphatic carbocycles. The number of amides is 2. The van der Waals surface area contributed by atoms with Crippen LogP contribution in [0.15, 0.2) is 36.4 Å². The van der Waals surface area contributed by atoms with Crippen LogP contribution in [0, 0.1) is 0 Å². The average Bonchev–Trinajstić information content (AvgIpc) is 2.78. The molecule has 1 atom stereocenters. The van der Waals surface area contributed by atoms with Crippen LogP contribution in [-0.2, 0) is 26.2 Å². The van der Waals surface area contributed by atoms with E-state index in [2.05, 4.69) is 5.32 Å².